The molecule has 2 rings (SSSR count). The minimum atomic E-state index is -0.132. The van der Waals surface area contributed by atoms with E-state index >= 15 is 0 Å². The summed E-state index contributed by atoms with van der Waals surface area (Å²) in [6.45, 7) is 3.06. The van der Waals surface area contributed by atoms with Crippen LogP contribution in [0.4, 0.5) is 0 Å². The summed E-state index contributed by atoms with van der Waals surface area (Å²) >= 11 is 0. The molecular weight excluding hydrogens is 266 g/mol. The van der Waals surface area contributed by atoms with Crippen LogP contribution in [0.2, 0.25) is 0 Å². The van der Waals surface area contributed by atoms with Gasteiger partial charge in [-0.25, -0.2) is 0 Å². The third kappa shape index (κ3) is 6.29. The fourth-order valence-electron chi connectivity index (χ4n) is 2.06. The lowest BCUT2D eigenvalue weighted by atomic mass is 10.2. The number of carbonyl (C=O) groups is 1. The van der Waals surface area contributed by atoms with E-state index in [9.17, 15) is 4.79 Å². The summed E-state index contributed by atoms with van der Waals surface area (Å²) in [5, 5.41) is 6.44. The van der Waals surface area contributed by atoms with E-state index in [0.29, 0.717) is 13.0 Å². The molecule has 1 heterocycles. The van der Waals surface area contributed by atoms with Crippen molar-refractivity contribution in [2.75, 3.05) is 19.6 Å². The van der Waals surface area contributed by atoms with Crippen LogP contribution in [-0.4, -0.2) is 31.6 Å². The Hall–Kier alpha value is -2.04. The zero-order valence-corrected chi connectivity index (χ0v) is 12.3. The Morgan fingerprint density at radius 1 is 1.29 bits per heavy atom. The van der Waals surface area contributed by atoms with Gasteiger partial charge >= 0.3 is 5.97 Å². The first kappa shape index (κ1) is 15.4. The molecular formula is C16H23N3O2. The van der Waals surface area contributed by atoms with Crippen LogP contribution in [0.5, 0.6) is 0 Å². The van der Waals surface area contributed by atoms with Crippen LogP contribution >= 0.6 is 0 Å². The van der Waals surface area contributed by atoms with Crippen LogP contribution in [0.1, 0.15) is 31.2 Å². The van der Waals surface area contributed by atoms with E-state index in [0.717, 1.165) is 50.4 Å². The van der Waals surface area contributed by atoms with Crippen molar-refractivity contribution in [3.05, 3.63) is 35.9 Å². The second-order valence-corrected chi connectivity index (χ2v) is 5.04. The number of ether oxygens (including phenoxy) is 1. The Morgan fingerprint density at radius 3 is 2.90 bits per heavy atom. The number of benzene rings is 1. The van der Waals surface area contributed by atoms with Crippen molar-refractivity contribution in [3.8, 4) is 0 Å². The molecule has 0 radical (unpaired) electrons. The van der Waals surface area contributed by atoms with Crippen molar-refractivity contribution in [2.24, 2.45) is 4.99 Å². The van der Waals surface area contributed by atoms with Crippen LogP contribution in [-0.2, 0) is 16.1 Å². The smallest absolute Gasteiger partial charge is 0.306 e. The molecule has 1 aromatic carbocycles. The molecule has 1 aliphatic rings. The number of carbonyl (C=O) groups excluding carboxylic acids is 1. The van der Waals surface area contributed by atoms with Gasteiger partial charge in [-0.05, 0) is 24.8 Å². The number of nitrogens with zero attached hydrogens (tertiary/aromatic N) is 1. The maximum Gasteiger partial charge on any atom is 0.306 e. The molecule has 0 fully saturated rings. The highest BCUT2D eigenvalue weighted by Crippen LogP contribution is 2.03. The lowest BCUT2D eigenvalue weighted by Crippen LogP contribution is -2.41. The third-order valence-electron chi connectivity index (χ3n) is 3.24. The number of hydrogen-bond acceptors (Lipinski definition) is 5. The average molecular weight is 289 g/mol. The molecule has 21 heavy (non-hydrogen) atoms. The lowest BCUT2D eigenvalue weighted by molar-refractivity contribution is -0.145. The van der Waals surface area contributed by atoms with Gasteiger partial charge in [0.05, 0.1) is 0 Å². The quantitative estimate of drug-likeness (QED) is 0.594. The average Bonchev–Trinajstić information content (AvgIpc) is 2.54. The summed E-state index contributed by atoms with van der Waals surface area (Å²) in [6.07, 6.45) is 3.32. The summed E-state index contributed by atoms with van der Waals surface area (Å²) in [5.74, 6) is 0.750. The highest BCUT2D eigenvalue weighted by atomic mass is 16.5. The summed E-state index contributed by atoms with van der Waals surface area (Å²) in [6, 6.07) is 9.74. The highest BCUT2D eigenvalue weighted by Gasteiger charge is 2.05. The van der Waals surface area contributed by atoms with Crippen molar-refractivity contribution >= 4 is 11.9 Å². The van der Waals surface area contributed by atoms with Crippen LogP contribution in [0.15, 0.2) is 35.3 Å². The van der Waals surface area contributed by atoms with E-state index in [2.05, 4.69) is 15.6 Å². The fraction of sp³-hybridized carbons (Fsp3) is 0.500. The second kappa shape index (κ2) is 9.00. The Bertz CT molecular complexity index is 460. The summed E-state index contributed by atoms with van der Waals surface area (Å²) in [4.78, 5) is 15.9. The van der Waals surface area contributed by atoms with E-state index < -0.39 is 0 Å². The number of rotatable bonds is 7. The van der Waals surface area contributed by atoms with E-state index in [4.69, 9.17) is 4.74 Å². The molecule has 0 unspecified atom stereocenters. The van der Waals surface area contributed by atoms with E-state index in [-0.39, 0.29) is 5.97 Å². The number of guanidine groups is 1. The number of aliphatic imine (C=N–C) groups is 1. The molecule has 0 aromatic heterocycles. The fourth-order valence-corrected chi connectivity index (χ4v) is 2.06. The van der Waals surface area contributed by atoms with Crippen molar-refractivity contribution in [1.29, 1.82) is 0 Å². The minimum Gasteiger partial charge on any atom is -0.461 e. The van der Waals surface area contributed by atoms with Crippen molar-refractivity contribution < 1.29 is 9.53 Å². The molecule has 5 nitrogen and oxygen atoms in total. The zero-order valence-electron chi connectivity index (χ0n) is 12.3. The number of nitrogens with one attached hydrogen (secondary N) is 2. The first-order valence-corrected chi connectivity index (χ1v) is 7.56. The Kier molecular flexibility index (Phi) is 6.58. The van der Waals surface area contributed by atoms with Crippen molar-refractivity contribution in [3.63, 3.8) is 0 Å². The SMILES string of the molecule is O=C(CCCCNC1=NCCCN1)OCc1ccccc1. The molecule has 0 amide bonds. The molecule has 0 saturated carbocycles. The van der Waals surface area contributed by atoms with Gasteiger partial charge < -0.3 is 15.4 Å². The second-order valence-electron chi connectivity index (χ2n) is 5.04. The summed E-state index contributed by atoms with van der Waals surface area (Å²) in [7, 11) is 0. The predicted octanol–water partition coefficient (Wildman–Crippen LogP) is 1.84. The van der Waals surface area contributed by atoms with Gasteiger partial charge in [0, 0.05) is 26.1 Å². The van der Waals surface area contributed by atoms with Gasteiger partial charge in [0.15, 0.2) is 5.96 Å². The molecule has 1 aliphatic heterocycles. The van der Waals surface area contributed by atoms with Crippen LogP contribution < -0.4 is 10.6 Å². The van der Waals surface area contributed by atoms with Crippen LogP contribution in [0, 0.1) is 0 Å². The van der Waals surface area contributed by atoms with Gasteiger partial charge in [-0.1, -0.05) is 30.3 Å². The van der Waals surface area contributed by atoms with E-state index in [1.54, 1.807) is 0 Å². The number of esters is 1. The van der Waals surface area contributed by atoms with Crippen LogP contribution in [0.25, 0.3) is 0 Å². The van der Waals surface area contributed by atoms with Crippen molar-refractivity contribution in [1.82, 2.24) is 10.6 Å². The standard InChI is InChI=1S/C16H23N3O2/c20-15(21-13-14-7-2-1-3-8-14)9-4-5-10-17-16-18-11-6-12-19-16/h1-3,7-8H,4-6,9-13H2,(H2,17,18,19). The van der Waals surface area contributed by atoms with E-state index in [1.807, 2.05) is 30.3 Å². The minimum absolute atomic E-state index is 0.132. The molecule has 1 aromatic rings. The van der Waals surface area contributed by atoms with Crippen LogP contribution in [0.3, 0.4) is 0 Å². The molecule has 0 atom stereocenters. The Morgan fingerprint density at radius 2 is 2.14 bits per heavy atom. The number of unbranched alkanes of at least 4 members (excludes halogenated alkanes) is 1. The normalized spacial score (nSPS) is 14.0. The molecule has 0 aliphatic carbocycles. The Balaban J connectivity index is 1.50. The van der Waals surface area contributed by atoms with Gasteiger partial charge in [-0.15, -0.1) is 0 Å². The maximum absolute atomic E-state index is 11.6. The molecule has 5 heteroatoms. The Labute approximate surface area is 125 Å². The molecule has 2 N–H and O–H groups in total. The largest absolute Gasteiger partial charge is 0.461 e. The lowest BCUT2D eigenvalue weighted by Gasteiger charge is -2.15. The van der Waals surface area contributed by atoms with Gasteiger partial charge in [-0.2, -0.15) is 0 Å². The summed E-state index contributed by atoms with van der Waals surface area (Å²) < 4.78 is 5.23. The van der Waals surface area contributed by atoms with Gasteiger partial charge in [0.1, 0.15) is 6.61 Å². The maximum atomic E-state index is 11.6. The predicted molar refractivity (Wildman–Crippen MR) is 83.0 cm³/mol. The van der Waals surface area contributed by atoms with Crippen molar-refractivity contribution in [2.45, 2.75) is 32.3 Å². The zero-order chi connectivity index (χ0) is 14.8. The first-order chi connectivity index (χ1) is 10.3. The van der Waals surface area contributed by atoms with Gasteiger partial charge in [0.25, 0.3) is 0 Å². The topological polar surface area (TPSA) is 62.7 Å². The molecule has 0 bridgehead atoms. The monoisotopic (exact) mass is 289 g/mol. The van der Waals surface area contributed by atoms with Gasteiger partial charge in [0.2, 0.25) is 0 Å². The first-order valence-electron chi connectivity index (χ1n) is 7.56. The highest BCUT2D eigenvalue weighted by molar-refractivity contribution is 5.80. The van der Waals surface area contributed by atoms with E-state index in [1.165, 1.54) is 0 Å². The number of hydrogen-bond donors (Lipinski definition) is 2. The third-order valence-corrected chi connectivity index (χ3v) is 3.24. The molecule has 114 valence electrons. The summed E-state index contributed by atoms with van der Waals surface area (Å²) in [5.41, 5.74) is 1.02. The van der Waals surface area contributed by atoms with Gasteiger partial charge in [-0.3, -0.25) is 9.79 Å². The molecule has 0 spiro atoms. The molecule has 0 saturated heterocycles.